The van der Waals surface area contributed by atoms with Crippen LogP contribution < -0.4 is 10.6 Å². The van der Waals surface area contributed by atoms with Gasteiger partial charge in [-0.15, -0.1) is 0 Å². The molecule has 116 valence electrons. The Morgan fingerprint density at radius 1 is 1.29 bits per heavy atom. The first-order valence-electron chi connectivity index (χ1n) is 7.93. The van der Waals surface area contributed by atoms with E-state index in [0.717, 1.165) is 25.2 Å². The molecule has 1 aromatic rings. The Morgan fingerprint density at radius 3 is 2.62 bits per heavy atom. The first-order valence-corrected chi connectivity index (χ1v) is 7.93. The van der Waals surface area contributed by atoms with Crippen LogP contribution in [-0.4, -0.2) is 43.5 Å². The van der Waals surface area contributed by atoms with Crippen molar-refractivity contribution in [1.82, 2.24) is 4.90 Å². The van der Waals surface area contributed by atoms with Gasteiger partial charge in [-0.05, 0) is 44.0 Å². The van der Waals surface area contributed by atoms with E-state index in [4.69, 9.17) is 5.73 Å². The molecule has 1 aromatic carbocycles. The van der Waals surface area contributed by atoms with Crippen LogP contribution in [0.1, 0.15) is 26.2 Å². The first-order chi connectivity index (χ1) is 10.2. The minimum atomic E-state index is 0.144. The standard InChI is InChI=1S/C17H27N3O/c1-3-20(16-11-7-8-14(16)12-18)13-17(21)19(2)15-9-5-4-6-10-15/h4-6,9-10,14,16H,3,7-8,11-13,18H2,1-2H3. The third-order valence-electron chi connectivity index (χ3n) is 4.65. The van der Waals surface area contributed by atoms with Gasteiger partial charge < -0.3 is 10.6 Å². The lowest BCUT2D eigenvalue weighted by atomic mass is 10.0. The zero-order valence-corrected chi connectivity index (χ0v) is 13.2. The molecule has 0 saturated heterocycles. The zero-order chi connectivity index (χ0) is 15.2. The molecule has 2 atom stereocenters. The molecule has 0 bridgehead atoms. The van der Waals surface area contributed by atoms with Gasteiger partial charge in [-0.2, -0.15) is 0 Å². The molecule has 0 aliphatic heterocycles. The Morgan fingerprint density at radius 2 is 2.00 bits per heavy atom. The number of hydrogen-bond acceptors (Lipinski definition) is 3. The van der Waals surface area contributed by atoms with E-state index in [9.17, 15) is 4.79 Å². The number of benzene rings is 1. The Hall–Kier alpha value is -1.39. The fraction of sp³-hybridized carbons (Fsp3) is 0.588. The molecule has 1 amide bonds. The fourth-order valence-electron chi connectivity index (χ4n) is 3.31. The number of carbonyl (C=O) groups is 1. The van der Waals surface area contributed by atoms with E-state index >= 15 is 0 Å². The summed E-state index contributed by atoms with van der Waals surface area (Å²) < 4.78 is 0. The first kappa shape index (κ1) is 16.0. The van der Waals surface area contributed by atoms with Crippen molar-refractivity contribution in [2.75, 3.05) is 31.6 Å². The summed E-state index contributed by atoms with van der Waals surface area (Å²) in [4.78, 5) is 16.6. The number of nitrogens with zero attached hydrogens (tertiary/aromatic N) is 2. The molecule has 0 radical (unpaired) electrons. The number of likely N-dealkylation sites (N-methyl/N-ethyl adjacent to an activating group) is 2. The minimum Gasteiger partial charge on any atom is -0.330 e. The SMILES string of the molecule is CCN(CC(=O)N(C)c1ccccc1)C1CCCC1CN. The Bertz CT molecular complexity index is 449. The number of rotatable bonds is 6. The van der Waals surface area contributed by atoms with Crippen molar-refractivity contribution in [2.45, 2.75) is 32.2 Å². The van der Waals surface area contributed by atoms with E-state index in [1.54, 1.807) is 4.90 Å². The highest BCUT2D eigenvalue weighted by molar-refractivity contribution is 5.94. The second-order valence-corrected chi connectivity index (χ2v) is 5.85. The number of anilines is 1. The van der Waals surface area contributed by atoms with Crippen LogP contribution in [-0.2, 0) is 4.79 Å². The van der Waals surface area contributed by atoms with Crippen LogP contribution in [0.3, 0.4) is 0 Å². The van der Waals surface area contributed by atoms with Crippen molar-refractivity contribution in [2.24, 2.45) is 11.7 Å². The number of hydrogen-bond donors (Lipinski definition) is 1. The van der Waals surface area contributed by atoms with Gasteiger partial charge in [0.2, 0.25) is 5.91 Å². The third kappa shape index (κ3) is 3.83. The maximum atomic E-state index is 12.5. The van der Waals surface area contributed by atoms with Crippen molar-refractivity contribution < 1.29 is 4.79 Å². The lowest BCUT2D eigenvalue weighted by Crippen LogP contribution is -2.46. The molecular formula is C17H27N3O. The quantitative estimate of drug-likeness (QED) is 0.872. The van der Waals surface area contributed by atoms with Gasteiger partial charge in [-0.25, -0.2) is 0 Å². The Labute approximate surface area is 127 Å². The van der Waals surface area contributed by atoms with E-state index < -0.39 is 0 Å². The van der Waals surface area contributed by atoms with Crippen LogP contribution in [0.2, 0.25) is 0 Å². The van der Waals surface area contributed by atoms with Crippen LogP contribution >= 0.6 is 0 Å². The highest BCUT2D eigenvalue weighted by Gasteiger charge is 2.31. The number of nitrogens with two attached hydrogens (primary N) is 1. The predicted octanol–water partition coefficient (Wildman–Crippen LogP) is 2.10. The second kappa shape index (κ2) is 7.57. The molecule has 4 heteroatoms. The largest absolute Gasteiger partial charge is 0.330 e. The fourth-order valence-corrected chi connectivity index (χ4v) is 3.31. The summed E-state index contributed by atoms with van der Waals surface area (Å²) in [5.41, 5.74) is 6.82. The van der Waals surface area contributed by atoms with Gasteiger partial charge in [0.25, 0.3) is 0 Å². The average Bonchev–Trinajstić information content (AvgIpc) is 3.00. The van der Waals surface area contributed by atoms with Gasteiger partial charge >= 0.3 is 0 Å². The van der Waals surface area contributed by atoms with Gasteiger partial charge in [0.15, 0.2) is 0 Å². The molecule has 0 spiro atoms. The van der Waals surface area contributed by atoms with E-state index in [-0.39, 0.29) is 5.91 Å². The molecular weight excluding hydrogens is 262 g/mol. The molecule has 4 nitrogen and oxygen atoms in total. The summed E-state index contributed by atoms with van der Waals surface area (Å²) in [6.45, 7) is 4.23. The molecule has 1 aliphatic carbocycles. The third-order valence-corrected chi connectivity index (χ3v) is 4.65. The lowest BCUT2D eigenvalue weighted by molar-refractivity contribution is -0.120. The Kier molecular flexibility index (Phi) is 5.76. The van der Waals surface area contributed by atoms with Crippen molar-refractivity contribution >= 4 is 11.6 Å². The van der Waals surface area contributed by atoms with Crippen molar-refractivity contribution in [3.8, 4) is 0 Å². The normalized spacial score (nSPS) is 21.7. The topological polar surface area (TPSA) is 49.6 Å². The zero-order valence-electron chi connectivity index (χ0n) is 13.2. The highest BCUT2D eigenvalue weighted by Crippen LogP contribution is 2.29. The molecule has 1 aliphatic rings. The average molecular weight is 289 g/mol. The summed E-state index contributed by atoms with van der Waals surface area (Å²) in [5, 5.41) is 0. The lowest BCUT2D eigenvalue weighted by Gasteiger charge is -2.32. The predicted molar refractivity (Wildman–Crippen MR) is 87.3 cm³/mol. The summed E-state index contributed by atoms with van der Waals surface area (Å²) in [6.07, 6.45) is 3.59. The van der Waals surface area contributed by atoms with Gasteiger partial charge in [0.1, 0.15) is 0 Å². The van der Waals surface area contributed by atoms with E-state index in [1.807, 2.05) is 37.4 Å². The van der Waals surface area contributed by atoms with Crippen LogP contribution in [0, 0.1) is 5.92 Å². The minimum absolute atomic E-state index is 0.144. The molecule has 0 aromatic heterocycles. The van der Waals surface area contributed by atoms with Gasteiger partial charge in [-0.1, -0.05) is 31.5 Å². The van der Waals surface area contributed by atoms with E-state index in [2.05, 4.69) is 11.8 Å². The molecule has 1 saturated carbocycles. The smallest absolute Gasteiger partial charge is 0.240 e. The number of amides is 1. The van der Waals surface area contributed by atoms with Gasteiger partial charge in [0.05, 0.1) is 6.54 Å². The monoisotopic (exact) mass is 289 g/mol. The summed E-state index contributed by atoms with van der Waals surface area (Å²) in [7, 11) is 1.85. The van der Waals surface area contributed by atoms with Gasteiger partial charge in [0, 0.05) is 18.8 Å². The van der Waals surface area contributed by atoms with Crippen molar-refractivity contribution in [3.05, 3.63) is 30.3 Å². The summed E-state index contributed by atoms with van der Waals surface area (Å²) >= 11 is 0. The molecule has 2 rings (SSSR count). The van der Waals surface area contributed by atoms with E-state index in [1.165, 1.54) is 12.8 Å². The van der Waals surface area contributed by atoms with Gasteiger partial charge in [-0.3, -0.25) is 9.69 Å². The maximum Gasteiger partial charge on any atom is 0.240 e. The van der Waals surface area contributed by atoms with Crippen molar-refractivity contribution in [1.29, 1.82) is 0 Å². The van der Waals surface area contributed by atoms with Crippen molar-refractivity contribution in [3.63, 3.8) is 0 Å². The number of carbonyl (C=O) groups excluding carboxylic acids is 1. The van der Waals surface area contributed by atoms with Crippen LogP contribution in [0.5, 0.6) is 0 Å². The number of para-hydroxylation sites is 1. The molecule has 2 unspecified atom stereocenters. The second-order valence-electron chi connectivity index (χ2n) is 5.85. The van der Waals surface area contributed by atoms with E-state index in [0.29, 0.717) is 18.5 Å². The Balaban J connectivity index is 1.99. The van der Waals surface area contributed by atoms with Crippen LogP contribution in [0.15, 0.2) is 30.3 Å². The molecule has 1 fully saturated rings. The highest BCUT2D eigenvalue weighted by atomic mass is 16.2. The van der Waals surface area contributed by atoms with Crippen LogP contribution in [0.25, 0.3) is 0 Å². The summed E-state index contributed by atoms with van der Waals surface area (Å²) in [6, 6.07) is 10.3. The molecule has 21 heavy (non-hydrogen) atoms. The summed E-state index contributed by atoms with van der Waals surface area (Å²) in [5.74, 6) is 0.686. The maximum absolute atomic E-state index is 12.5. The molecule has 0 heterocycles. The molecule has 2 N–H and O–H groups in total. The van der Waals surface area contributed by atoms with Crippen LogP contribution in [0.4, 0.5) is 5.69 Å².